The molecule has 3 rings (SSSR count). The van der Waals surface area contributed by atoms with Crippen molar-refractivity contribution < 1.29 is 9.53 Å². The number of ether oxygens (including phenoxy) is 1. The molecule has 2 aromatic carbocycles. The average Bonchev–Trinajstić information content (AvgIpc) is 3.07. The lowest BCUT2D eigenvalue weighted by atomic mass is 10.0. The lowest BCUT2D eigenvalue weighted by Crippen LogP contribution is -2.26. The third-order valence-electron chi connectivity index (χ3n) is 4.35. The molecule has 0 aliphatic carbocycles. The summed E-state index contributed by atoms with van der Waals surface area (Å²) >= 11 is 0. The normalized spacial score (nSPS) is 17.6. The molecule has 2 N–H and O–H groups in total. The zero-order chi connectivity index (χ0) is 15.4. The van der Waals surface area contributed by atoms with E-state index in [0.717, 1.165) is 42.6 Å². The van der Waals surface area contributed by atoms with Crippen molar-refractivity contribution in [2.75, 3.05) is 26.7 Å². The maximum atomic E-state index is 12.5. The van der Waals surface area contributed by atoms with Crippen LogP contribution in [0.4, 0.5) is 0 Å². The maximum Gasteiger partial charge on any atom is 0.251 e. The van der Waals surface area contributed by atoms with E-state index >= 15 is 0 Å². The van der Waals surface area contributed by atoms with Crippen LogP contribution in [0.5, 0.6) is 5.75 Å². The number of benzene rings is 2. The average molecular weight is 298 g/mol. The lowest BCUT2D eigenvalue weighted by Gasteiger charge is -2.12. The number of carbonyl (C=O) groups is 1. The Balaban J connectivity index is 1.73. The fourth-order valence-corrected chi connectivity index (χ4v) is 3.09. The Morgan fingerprint density at radius 2 is 2.09 bits per heavy atom. The zero-order valence-corrected chi connectivity index (χ0v) is 12.9. The van der Waals surface area contributed by atoms with Crippen molar-refractivity contribution in [1.82, 2.24) is 10.6 Å². The molecule has 4 nitrogen and oxygen atoms in total. The van der Waals surface area contributed by atoms with Crippen LogP contribution in [0.25, 0.3) is 10.8 Å². The molecule has 2 aromatic rings. The highest BCUT2D eigenvalue weighted by molar-refractivity contribution is 6.08. The molecule has 1 aliphatic rings. The summed E-state index contributed by atoms with van der Waals surface area (Å²) in [5.41, 5.74) is 0.709. The van der Waals surface area contributed by atoms with Crippen LogP contribution < -0.4 is 15.4 Å². The Hall–Kier alpha value is -2.07. The van der Waals surface area contributed by atoms with Crippen molar-refractivity contribution >= 4 is 16.7 Å². The van der Waals surface area contributed by atoms with E-state index in [1.807, 2.05) is 36.4 Å². The smallest absolute Gasteiger partial charge is 0.251 e. The van der Waals surface area contributed by atoms with E-state index in [2.05, 4.69) is 10.6 Å². The fraction of sp³-hybridized carbons (Fsp3) is 0.389. The summed E-state index contributed by atoms with van der Waals surface area (Å²) in [6.45, 7) is 2.90. The predicted octanol–water partition coefficient (Wildman–Crippen LogP) is 2.58. The Labute approximate surface area is 130 Å². The van der Waals surface area contributed by atoms with Gasteiger partial charge in [0.1, 0.15) is 5.75 Å². The zero-order valence-electron chi connectivity index (χ0n) is 12.9. The van der Waals surface area contributed by atoms with Crippen LogP contribution in [0.3, 0.4) is 0 Å². The summed E-state index contributed by atoms with van der Waals surface area (Å²) in [6.07, 6.45) is 2.24. The fourth-order valence-electron chi connectivity index (χ4n) is 3.09. The van der Waals surface area contributed by atoms with Crippen LogP contribution >= 0.6 is 0 Å². The first-order valence-electron chi connectivity index (χ1n) is 7.84. The molecule has 0 saturated carbocycles. The quantitative estimate of drug-likeness (QED) is 0.892. The van der Waals surface area contributed by atoms with Crippen LogP contribution in [0.2, 0.25) is 0 Å². The van der Waals surface area contributed by atoms with Crippen molar-refractivity contribution in [2.24, 2.45) is 5.92 Å². The van der Waals surface area contributed by atoms with Gasteiger partial charge in [-0.3, -0.25) is 4.79 Å². The highest BCUT2D eigenvalue weighted by Crippen LogP contribution is 2.28. The third-order valence-corrected chi connectivity index (χ3v) is 4.35. The number of hydrogen-bond donors (Lipinski definition) is 2. The molecule has 0 spiro atoms. The molecule has 116 valence electrons. The molecule has 1 saturated heterocycles. The number of hydrogen-bond acceptors (Lipinski definition) is 3. The minimum Gasteiger partial charge on any atom is -0.496 e. The molecular weight excluding hydrogens is 276 g/mol. The topological polar surface area (TPSA) is 50.4 Å². The van der Waals surface area contributed by atoms with Gasteiger partial charge in [-0.2, -0.15) is 0 Å². The number of rotatable bonds is 5. The van der Waals surface area contributed by atoms with E-state index in [9.17, 15) is 4.79 Å². The number of fused-ring (bicyclic) bond motifs is 1. The summed E-state index contributed by atoms with van der Waals surface area (Å²) in [6, 6.07) is 11.6. The van der Waals surface area contributed by atoms with Crippen molar-refractivity contribution in [3.8, 4) is 5.75 Å². The first-order chi connectivity index (χ1) is 10.8. The van der Waals surface area contributed by atoms with Crippen LogP contribution in [0.1, 0.15) is 23.2 Å². The van der Waals surface area contributed by atoms with E-state index in [0.29, 0.717) is 11.5 Å². The minimum atomic E-state index is -0.00944. The van der Waals surface area contributed by atoms with Crippen molar-refractivity contribution in [3.05, 3.63) is 42.0 Å². The van der Waals surface area contributed by atoms with Crippen molar-refractivity contribution in [1.29, 1.82) is 0 Å². The number of carbonyl (C=O) groups excluding carboxylic acids is 1. The number of amides is 1. The summed E-state index contributed by atoms with van der Waals surface area (Å²) in [5.74, 6) is 1.47. The molecule has 1 heterocycles. The van der Waals surface area contributed by atoms with Crippen LogP contribution in [-0.2, 0) is 0 Å². The van der Waals surface area contributed by atoms with E-state index < -0.39 is 0 Å². The van der Waals surface area contributed by atoms with E-state index in [1.54, 1.807) is 7.11 Å². The molecule has 4 heteroatoms. The summed E-state index contributed by atoms with van der Waals surface area (Å²) < 4.78 is 5.37. The monoisotopic (exact) mass is 298 g/mol. The Morgan fingerprint density at radius 1 is 1.27 bits per heavy atom. The molecule has 1 amide bonds. The van der Waals surface area contributed by atoms with Gasteiger partial charge in [-0.1, -0.05) is 24.3 Å². The van der Waals surface area contributed by atoms with Gasteiger partial charge < -0.3 is 15.4 Å². The predicted molar refractivity (Wildman–Crippen MR) is 88.4 cm³/mol. The van der Waals surface area contributed by atoms with Crippen LogP contribution in [0.15, 0.2) is 36.4 Å². The van der Waals surface area contributed by atoms with Gasteiger partial charge in [0.15, 0.2) is 0 Å². The molecule has 0 aromatic heterocycles. The lowest BCUT2D eigenvalue weighted by molar-refractivity contribution is 0.0953. The first-order valence-corrected chi connectivity index (χ1v) is 7.84. The van der Waals surface area contributed by atoms with Gasteiger partial charge in [-0.05, 0) is 49.4 Å². The highest BCUT2D eigenvalue weighted by atomic mass is 16.5. The summed E-state index contributed by atoms with van der Waals surface area (Å²) in [4.78, 5) is 12.5. The van der Waals surface area contributed by atoms with E-state index in [-0.39, 0.29) is 5.91 Å². The number of nitrogens with one attached hydrogen (secondary N) is 2. The first kappa shape index (κ1) is 14.9. The van der Waals surface area contributed by atoms with Gasteiger partial charge in [-0.15, -0.1) is 0 Å². The number of methoxy groups -OCH3 is 1. The van der Waals surface area contributed by atoms with Gasteiger partial charge in [0.2, 0.25) is 0 Å². The van der Waals surface area contributed by atoms with Crippen molar-refractivity contribution in [3.63, 3.8) is 0 Å². The largest absolute Gasteiger partial charge is 0.496 e. The molecule has 1 atom stereocenters. The molecule has 1 unspecified atom stereocenters. The second-order valence-corrected chi connectivity index (χ2v) is 5.76. The van der Waals surface area contributed by atoms with Gasteiger partial charge in [0.05, 0.1) is 7.11 Å². The highest BCUT2D eigenvalue weighted by Gasteiger charge is 2.16. The Morgan fingerprint density at radius 3 is 2.82 bits per heavy atom. The third kappa shape index (κ3) is 3.07. The van der Waals surface area contributed by atoms with Gasteiger partial charge in [-0.25, -0.2) is 0 Å². The molecule has 0 radical (unpaired) electrons. The van der Waals surface area contributed by atoms with Crippen molar-refractivity contribution in [2.45, 2.75) is 12.8 Å². The summed E-state index contributed by atoms with van der Waals surface area (Å²) in [7, 11) is 1.65. The molecular formula is C18H22N2O2. The molecule has 1 fully saturated rings. The van der Waals surface area contributed by atoms with E-state index in [1.165, 1.54) is 6.42 Å². The van der Waals surface area contributed by atoms with Gasteiger partial charge in [0, 0.05) is 17.5 Å². The second-order valence-electron chi connectivity index (χ2n) is 5.76. The second kappa shape index (κ2) is 6.79. The molecule has 0 bridgehead atoms. The standard InChI is InChI=1S/C18H22N2O2/c1-22-17-7-6-16(14-4-2-3-5-15(14)17)18(21)20-11-9-13-8-10-19-12-13/h2-7,13,19H,8-12H2,1H3,(H,20,21). The minimum absolute atomic E-state index is 0.00944. The Kier molecular flexibility index (Phi) is 4.59. The SMILES string of the molecule is COc1ccc(C(=O)NCCC2CCNC2)c2ccccc12. The maximum absolute atomic E-state index is 12.5. The molecule has 1 aliphatic heterocycles. The van der Waals surface area contributed by atoms with Crippen LogP contribution in [0, 0.1) is 5.92 Å². The van der Waals surface area contributed by atoms with Crippen LogP contribution in [-0.4, -0.2) is 32.7 Å². The Bertz CT molecular complexity index is 663. The van der Waals surface area contributed by atoms with E-state index in [4.69, 9.17) is 4.74 Å². The van der Waals surface area contributed by atoms with Gasteiger partial charge >= 0.3 is 0 Å². The molecule has 22 heavy (non-hydrogen) atoms. The summed E-state index contributed by atoms with van der Waals surface area (Å²) in [5, 5.41) is 8.30. The van der Waals surface area contributed by atoms with Gasteiger partial charge in [0.25, 0.3) is 5.91 Å².